The highest BCUT2D eigenvalue weighted by atomic mass is 35.5. The van der Waals surface area contributed by atoms with Gasteiger partial charge in [0, 0.05) is 25.3 Å². The zero-order valence-corrected chi connectivity index (χ0v) is 20.3. The first-order chi connectivity index (χ1) is 19.2. The van der Waals surface area contributed by atoms with Crippen LogP contribution in [0.15, 0.2) is 48.8 Å². The fraction of sp³-hybridized carbons (Fsp3) is 0.360. The van der Waals surface area contributed by atoms with Crippen LogP contribution < -0.4 is 0 Å². The molecule has 0 aliphatic carbocycles. The Hall–Kier alpha value is -3.32. The van der Waals surface area contributed by atoms with Crippen LogP contribution >= 0.6 is 11.6 Å². The summed E-state index contributed by atoms with van der Waals surface area (Å²) in [4.78, 5) is 0. The van der Waals surface area contributed by atoms with Gasteiger partial charge in [-0.1, -0.05) is 34.2 Å². The predicted octanol–water partition coefficient (Wildman–Crippen LogP) is 4.34. The predicted molar refractivity (Wildman–Crippen MR) is 128 cm³/mol. The molecule has 1 N–H and O–H groups in total. The first kappa shape index (κ1) is 22.6. The smallest absolute Gasteiger partial charge is 0.194 e. The number of nitrogens with zero attached hydrogens (tertiary/aromatic N) is 6. The SMILES string of the molecule is [2H][C@@H]1[C@H](n2cc(-c3cc(F)c(F)c(F)c3)nn2)[C@H]([2H])[C@]2(OCC[C@H]2n2cc(-c3cccc(Cl)c3)nn2)O[C@H]1CO. The Morgan fingerprint density at radius 2 is 1.76 bits per heavy atom. The number of aliphatic hydroxyl groups is 1. The molecular formula is C25H22ClF3N6O3. The van der Waals surface area contributed by atoms with Gasteiger partial charge in [-0.05, 0) is 37.1 Å². The zero-order chi connectivity index (χ0) is 28.2. The van der Waals surface area contributed by atoms with Crippen molar-refractivity contribution in [2.24, 2.45) is 0 Å². The molecule has 2 aliphatic heterocycles. The molecule has 0 amide bonds. The number of hydrogen-bond acceptors (Lipinski definition) is 7. The molecule has 2 aliphatic rings. The van der Waals surface area contributed by atoms with Crippen molar-refractivity contribution in [1.82, 2.24) is 30.0 Å². The van der Waals surface area contributed by atoms with Crippen molar-refractivity contribution in [3.63, 3.8) is 0 Å². The lowest BCUT2D eigenvalue weighted by Gasteiger charge is -2.43. The third kappa shape index (κ3) is 4.47. The summed E-state index contributed by atoms with van der Waals surface area (Å²) < 4.78 is 74.0. The Morgan fingerprint density at radius 3 is 2.50 bits per heavy atom. The number of ether oxygens (including phenoxy) is 2. The molecule has 0 radical (unpaired) electrons. The number of aromatic nitrogens is 6. The maximum Gasteiger partial charge on any atom is 0.194 e. The minimum atomic E-state index is -1.64. The molecular weight excluding hydrogens is 525 g/mol. The molecule has 4 heterocycles. The van der Waals surface area contributed by atoms with Crippen LogP contribution in [0.4, 0.5) is 13.2 Å². The number of aliphatic hydroxyl groups excluding tert-OH is 1. The number of rotatable bonds is 5. The summed E-state index contributed by atoms with van der Waals surface area (Å²) in [6, 6.07) is 6.95. The molecule has 4 aromatic rings. The van der Waals surface area contributed by atoms with Crippen molar-refractivity contribution < 1.29 is 30.5 Å². The van der Waals surface area contributed by atoms with Gasteiger partial charge in [0.05, 0.1) is 37.8 Å². The fourth-order valence-electron chi connectivity index (χ4n) is 4.77. The van der Waals surface area contributed by atoms with E-state index >= 15 is 0 Å². The second-order valence-corrected chi connectivity index (χ2v) is 9.43. The Labute approximate surface area is 222 Å². The van der Waals surface area contributed by atoms with E-state index in [0.29, 0.717) is 17.1 Å². The molecule has 1 spiro atoms. The second-order valence-electron chi connectivity index (χ2n) is 8.99. The van der Waals surface area contributed by atoms with Crippen molar-refractivity contribution in [3.05, 3.63) is 71.3 Å². The van der Waals surface area contributed by atoms with Crippen molar-refractivity contribution in [2.45, 2.75) is 43.2 Å². The Bertz CT molecular complexity index is 1540. The van der Waals surface area contributed by atoms with Gasteiger partial charge in [-0.15, -0.1) is 10.2 Å². The van der Waals surface area contributed by atoms with Gasteiger partial charge in [-0.25, -0.2) is 22.5 Å². The first-order valence-corrected chi connectivity index (χ1v) is 12.1. The maximum absolute atomic E-state index is 13.8. The van der Waals surface area contributed by atoms with E-state index in [2.05, 4.69) is 20.6 Å². The van der Waals surface area contributed by atoms with Crippen LogP contribution in [0, 0.1) is 17.5 Å². The average molecular weight is 549 g/mol. The van der Waals surface area contributed by atoms with Gasteiger partial charge in [0.1, 0.15) is 17.4 Å². The van der Waals surface area contributed by atoms with Gasteiger partial charge >= 0.3 is 0 Å². The molecule has 6 rings (SSSR count). The van der Waals surface area contributed by atoms with Gasteiger partial charge in [0.15, 0.2) is 23.2 Å². The molecule has 0 unspecified atom stereocenters. The van der Waals surface area contributed by atoms with Crippen molar-refractivity contribution >= 4 is 11.6 Å². The molecule has 2 saturated heterocycles. The molecule has 2 fully saturated rings. The fourth-order valence-corrected chi connectivity index (χ4v) is 4.96. The third-order valence-corrected chi connectivity index (χ3v) is 6.79. The van der Waals surface area contributed by atoms with Crippen molar-refractivity contribution in [2.75, 3.05) is 13.2 Å². The summed E-state index contributed by atoms with van der Waals surface area (Å²) in [5.74, 6) is -6.03. The maximum atomic E-state index is 13.8. The van der Waals surface area contributed by atoms with Crippen LogP contribution in [0.1, 0.15) is 34.0 Å². The van der Waals surface area contributed by atoms with E-state index in [1.807, 2.05) is 6.07 Å². The lowest BCUT2D eigenvalue weighted by molar-refractivity contribution is -0.286. The molecule has 9 nitrogen and oxygen atoms in total. The van der Waals surface area contributed by atoms with E-state index in [4.69, 9.17) is 22.4 Å². The van der Waals surface area contributed by atoms with Crippen molar-refractivity contribution in [1.29, 1.82) is 0 Å². The second kappa shape index (κ2) is 9.77. The van der Waals surface area contributed by atoms with Crippen LogP contribution in [0.2, 0.25) is 5.02 Å². The molecule has 6 atom stereocenters. The number of benzene rings is 2. The topological polar surface area (TPSA) is 100 Å². The highest BCUT2D eigenvalue weighted by Gasteiger charge is 2.53. The van der Waals surface area contributed by atoms with E-state index in [9.17, 15) is 19.6 Å². The minimum Gasteiger partial charge on any atom is -0.394 e. The van der Waals surface area contributed by atoms with E-state index in [-0.39, 0.29) is 17.9 Å². The molecule has 2 aromatic heterocycles. The van der Waals surface area contributed by atoms with Gasteiger partial charge in [0.25, 0.3) is 0 Å². The van der Waals surface area contributed by atoms with E-state index in [0.717, 1.165) is 17.7 Å². The lowest BCUT2D eigenvalue weighted by atomic mass is 9.91. The zero-order valence-electron chi connectivity index (χ0n) is 21.6. The normalized spacial score (nSPS) is 30.0. The van der Waals surface area contributed by atoms with E-state index in [1.165, 1.54) is 15.6 Å². The summed E-state index contributed by atoms with van der Waals surface area (Å²) in [5.41, 5.74) is 1.21. The average Bonchev–Trinajstić information content (AvgIpc) is 3.70. The molecule has 13 heteroatoms. The number of halogens is 4. The molecule has 0 bridgehead atoms. The summed E-state index contributed by atoms with van der Waals surface area (Å²) in [5, 5.41) is 27.1. The van der Waals surface area contributed by atoms with Crippen LogP contribution in [-0.2, 0) is 9.47 Å². The largest absolute Gasteiger partial charge is 0.394 e. The Balaban J connectivity index is 1.36. The first-order valence-electron chi connectivity index (χ1n) is 12.9. The lowest BCUT2D eigenvalue weighted by Crippen LogP contribution is -2.50. The van der Waals surface area contributed by atoms with Gasteiger partial charge in [-0.2, -0.15) is 0 Å². The standard InChI is InChI=1S/C25H22ClF3N6O3/c26-16-3-1-2-14(6-16)21-12-35(33-30-21)23-4-5-37-25(23)10-17(9-18(13-36)38-25)34-11-22(31-32-34)15-7-19(27)24(29)20(28)8-15/h1-3,6-8,11-12,17-18,23,36H,4-5,9-10,13H2/t17-,18+,23+,25-/m0/s1/i9D,10D/t9-,10+,17+,18-,23-,25+/m1. The van der Waals surface area contributed by atoms with Crippen LogP contribution in [0.25, 0.3) is 22.5 Å². The highest BCUT2D eigenvalue weighted by Crippen LogP contribution is 2.48. The summed E-state index contributed by atoms with van der Waals surface area (Å²) >= 11 is 6.12. The van der Waals surface area contributed by atoms with Crippen LogP contribution in [0.5, 0.6) is 0 Å². The summed E-state index contributed by atoms with van der Waals surface area (Å²) in [6.07, 6.45) is -0.139. The van der Waals surface area contributed by atoms with Gasteiger partial charge in [0.2, 0.25) is 0 Å². The Kier molecular flexibility index (Phi) is 5.82. The van der Waals surface area contributed by atoms with E-state index < -0.39 is 60.8 Å². The quantitative estimate of drug-likeness (QED) is 0.370. The highest BCUT2D eigenvalue weighted by molar-refractivity contribution is 6.30. The van der Waals surface area contributed by atoms with Gasteiger partial charge < -0.3 is 14.6 Å². The third-order valence-electron chi connectivity index (χ3n) is 6.56. The minimum absolute atomic E-state index is 0.00428. The summed E-state index contributed by atoms with van der Waals surface area (Å²) in [6.45, 7) is -0.340. The van der Waals surface area contributed by atoms with Gasteiger partial charge in [-0.3, -0.25) is 0 Å². The van der Waals surface area contributed by atoms with Crippen LogP contribution in [-0.4, -0.2) is 60.2 Å². The molecule has 2 aromatic carbocycles. The monoisotopic (exact) mass is 548 g/mol. The molecule has 0 saturated carbocycles. The summed E-state index contributed by atoms with van der Waals surface area (Å²) in [7, 11) is 0. The molecule has 198 valence electrons. The molecule has 38 heavy (non-hydrogen) atoms. The Morgan fingerprint density at radius 1 is 1.05 bits per heavy atom. The number of hydrogen-bond donors (Lipinski definition) is 1. The van der Waals surface area contributed by atoms with Crippen molar-refractivity contribution in [3.8, 4) is 22.5 Å². The van der Waals surface area contributed by atoms with E-state index in [1.54, 1.807) is 24.4 Å². The van der Waals surface area contributed by atoms with Crippen LogP contribution in [0.3, 0.4) is 0 Å².